The van der Waals surface area contributed by atoms with Crippen molar-refractivity contribution in [3.63, 3.8) is 0 Å². The fraction of sp³-hybridized carbons (Fsp3) is 0.667. The average Bonchev–Trinajstić information content (AvgIpc) is 2.45. The maximum atomic E-state index is 13.6. The van der Waals surface area contributed by atoms with Gasteiger partial charge in [0.25, 0.3) is 0 Å². The molecule has 0 spiro atoms. The van der Waals surface area contributed by atoms with E-state index in [0.717, 1.165) is 18.2 Å². The molecule has 1 aromatic carbocycles. The van der Waals surface area contributed by atoms with Gasteiger partial charge in [0.1, 0.15) is 0 Å². The van der Waals surface area contributed by atoms with Gasteiger partial charge in [-0.05, 0) is 55.1 Å². The van der Waals surface area contributed by atoms with Crippen LogP contribution in [0.4, 0.5) is 10.1 Å². The molecule has 1 fully saturated rings. The Bertz CT molecular complexity index is 459. The summed E-state index contributed by atoms with van der Waals surface area (Å²) < 4.78 is 18.6. The number of hydrogen-bond acceptors (Lipinski definition) is 2. The van der Waals surface area contributed by atoms with Crippen LogP contribution in [0, 0.1) is 23.1 Å². The molecule has 0 atom stereocenters. The van der Waals surface area contributed by atoms with Gasteiger partial charge < -0.3 is 10.1 Å². The fourth-order valence-corrected chi connectivity index (χ4v) is 3.27. The predicted octanol–water partition coefficient (Wildman–Crippen LogP) is 5.10. The van der Waals surface area contributed by atoms with Gasteiger partial charge in [-0.25, -0.2) is 4.39 Å². The lowest BCUT2D eigenvalue weighted by atomic mass is 9.70. The summed E-state index contributed by atoms with van der Waals surface area (Å²) in [5.74, 6) is 1.53. The highest BCUT2D eigenvalue weighted by molar-refractivity contribution is 5.47. The summed E-state index contributed by atoms with van der Waals surface area (Å²) in [6.45, 7) is 7.96. The van der Waals surface area contributed by atoms with Gasteiger partial charge in [0, 0.05) is 18.3 Å². The first-order valence-corrected chi connectivity index (χ1v) is 7.97. The highest BCUT2D eigenvalue weighted by Crippen LogP contribution is 2.39. The maximum Gasteiger partial charge on any atom is 0.167 e. The molecule has 0 radical (unpaired) electrons. The van der Waals surface area contributed by atoms with Crippen LogP contribution >= 0.6 is 0 Å². The summed E-state index contributed by atoms with van der Waals surface area (Å²) in [5.41, 5.74) is 1.27. The van der Waals surface area contributed by atoms with Crippen molar-refractivity contribution in [1.29, 1.82) is 0 Å². The molecule has 0 bridgehead atoms. The molecule has 0 aromatic heterocycles. The zero-order chi connectivity index (χ0) is 15.5. The van der Waals surface area contributed by atoms with Crippen molar-refractivity contribution in [1.82, 2.24) is 0 Å². The Morgan fingerprint density at radius 1 is 1.19 bits per heavy atom. The first-order chi connectivity index (χ1) is 9.90. The topological polar surface area (TPSA) is 21.3 Å². The highest BCUT2D eigenvalue weighted by Gasteiger charge is 2.29. The lowest BCUT2D eigenvalue weighted by Crippen LogP contribution is -2.28. The standard InChI is InChI=1S/C18H28FNO/c1-18(2,3)14-7-5-13(6-8-14)12-20-15-9-10-17(21-4)16(19)11-15/h9-11,13-14,20H,5-8,12H2,1-4H3. The minimum Gasteiger partial charge on any atom is -0.494 e. The van der Waals surface area contributed by atoms with Gasteiger partial charge in [0.2, 0.25) is 0 Å². The second-order valence-electron chi connectivity index (χ2n) is 7.31. The van der Waals surface area contributed by atoms with Gasteiger partial charge in [-0.2, -0.15) is 0 Å². The van der Waals surface area contributed by atoms with E-state index in [1.165, 1.54) is 38.9 Å². The molecule has 118 valence electrons. The minimum atomic E-state index is -0.307. The van der Waals surface area contributed by atoms with E-state index in [9.17, 15) is 4.39 Å². The number of hydrogen-bond donors (Lipinski definition) is 1. The average molecular weight is 293 g/mol. The van der Waals surface area contributed by atoms with Crippen LogP contribution < -0.4 is 10.1 Å². The Kier molecular flexibility index (Phi) is 5.13. The molecule has 0 saturated heterocycles. The molecule has 1 aromatic rings. The molecule has 1 aliphatic rings. The van der Waals surface area contributed by atoms with Crippen LogP contribution in [0.2, 0.25) is 0 Å². The second-order valence-corrected chi connectivity index (χ2v) is 7.31. The van der Waals surface area contributed by atoms with Crippen LogP contribution in [0.5, 0.6) is 5.75 Å². The Balaban J connectivity index is 1.81. The van der Waals surface area contributed by atoms with E-state index in [2.05, 4.69) is 26.1 Å². The van der Waals surface area contributed by atoms with Crippen LogP contribution in [-0.4, -0.2) is 13.7 Å². The molecule has 2 nitrogen and oxygen atoms in total. The van der Waals surface area contributed by atoms with Gasteiger partial charge in [-0.15, -0.1) is 0 Å². The lowest BCUT2D eigenvalue weighted by molar-refractivity contribution is 0.153. The Hall–Kier alpha value is -1.25. The quantitative estimate of drug-likeness (QED) is 0.834. The summed E-state index contributed by atoms with van der Waals surface area (Å²) >= 11 is 0. The lowest BCUT2D eigenvalue weighted by Gasteiger charge is -2.37. The van der Waals surface area contributed by atoms with E-state index >= 15 is 0 Å². The van der Waals surface area contributed by atoms with E-state index in [1.807, 2.05) is 6.07 Å². The van der Waals surface area contributed by atoms with Gasteiger partial charge in [-0.3, -0.25) is 0 Å². The van der Waals surface area contributed by atoms with E-state index < -0.39 is 0 Å². The molecule has 1 aliphatic carbocycles. The normalized spacial score (nSPS) is 22.9. The van der Waals surface area contributed by atoms with Crippen molar-refractivity contribution >= 4 is 5.69 Å². The zero-order valence-electron chi connectivity index (χ0n) is 13.7. The zero-order valence-corrected chi connectivity index (χ0v) is 13.7. The van der Waals surface area contributed by atoms with Crippen LogP contribution in [0.25, 0.3) is 0 Å². The minimum absolute atomic E-state index is 0.297. The Labute approximate surface area is 128 Å². The van der Waals surface area contributed by atoms with E-state index in [-0.39, 0.29) is 5.82 Å². The van der Waals surface area contributed by atoms with E-state index in [1.54, 1.807) is 6.07 Å². The number of methoxy groups -OCH3 is 1. The third-order valence-corrected chi connectivity index (χ3v) is 4.82. The van der Waals surface area contributed by atoms with Crippen LogP contribution in [0.15, 0.2) is 18.2 Å². The monoisotopic (exact) mass is 293 g/mol. The Morgan fingerprint density at radius 2 is 1.86 bits per heavy atom. The summed E-state index contributed by atoms with van der Waals surface area (Å²) in [7, 11) is 1.49. The van der Waals surface area contributed by atoms with Crippen molar-refractivity contribution < 1.29 is 9.13 Å². The molecule has 0 aliphatic heterocycles. The van der Waals surface area contributed by atoms with Gasteiger partial charge in [-0.1, -0.05) is 20.8 Å². The molecule has 21 heavy (non-hydrogen) atoms. The maximum absolute atomic E-state index is 13.6. The smallest absolute Gasteiger partial charge is 0.167 e. The number of rotatable bonds is 4. The van der Waals surface area contributed by atoms with Crippen LogP contribution in [0.3, 0.4) is 0 Å². The number of halogens is 1. The molecule has 1 saturated carbocycles. The molecule has 0 heterocycles. The van der Waals surface area contributed by atoms with Gasteiger partial charge >= 0.3 is 0 Å². The number of nitrogens with one attached hydrogen (secondary N) is 1. The molecular weight excluding hydrogens is 265 g/mol. The van der Waals surface area contributed by atoms with Crippen LogP contribution in [-0.2, 0) is 0 Å². The van der Waals surface area contributed by atoms with Crippen molar-refractivity contribution in [2.24, 2.45) is 17.3 Å². The SMILES string of the molecule is COc1ccc(NCC2CCC(C(C)(C)C)CC2)cc1F. The molecular formula is C18H28FNO. The number of anilines is 1. The summed E-state index contributed by atoms with van der Waals surface area (Å²) in [6.07, 6.45) is 5.17. The first-order valence-electron chi connectivity index (χ1n) is 7.97. The molecule has 1 N–H and O–H groups in total. The molecule has 2 rings (SSSR count). The Morgan fingerprint density at radius 3 is 2.38 bits per heavy atom. The van der Waals surface area contributed by atoms with Crippen LogP contribution in [0.1, 0.15) is 46.5 Å². The van der Waals surface area contributed by atoms with Crippen molar-refractivity contribution in [2.75, 3.05) is 19.0 Å². The molecule has 0 amide bonds. The van der Waals surface area contributed by atoms with Crippen molar-refractivity contribution in [3.05, 3.63) is 24.0 Å². The highest BCUT2D eigenvalue weighted by atomic mass is 19.1. The molecule has 3 heteroatoms. The number of ether oxygens (including phenoxy) is 1. The number of benzene rings is 1. The molecule has 0 unspecified atom stereocenters. The second kappa shape index (κ2) is 6.67. The largest absolute Gasteiger partial charge is 0.494 e. The fourth-order valence-electron chi connectivity index (χ4n) is 3.27. The predicted molar refractivity (Wildman–Crippen MR) is 86.3 cm³/mol. The third-order valence-electron chi connectivity index (χ3n) is 4.82. The van der Waals surface area contributed by atoms with E-state index in [0.29, 0.717) is 17.1 Å². The summed E-state index contributed by atoms with van der Waals surface area (Å²) in [6, 6.07) is 5.07. The summed E-state index contributed by atoms with van der Waals surface area (Å²) in [5, 5.41) is 3.36. The summed E-state index contributed by atoms with van der Waals surface area (Å²) in [4.78, 5) is 0. The van der Waals surface area contributed by atoms with Crippen molar-refractivity contribution in [3.8, 4) is 5.75 Å². The van der Waals surface area contributed by atoms with E-state index in [4.69, 9.17) is 4.74 Å². The third kappa shape index (κ3) is 4.36. The van der Waals surface area contributed by atoms with Gasteiger partial charge in [0.15, 0.2) is 11.6 Å². The van der Waals surface area contributed by atoms with Crippen molar-refractivity contribution in [2.45, 2.75) is 46.5 Å². The van der Waals surface area contributed by atoms with Gasteiger partial charge in [0.05, 0.1) is 7.11 Å². The first kappa shape index (κ1) is 16.1.